The molecule has 6 rings (SSSR count). The zero-order valence-corrected chi connectivity index (χ0v) is 18.8. The summed E-state index contributed by atoms with van der Waals surface area (Å²) in [6.45, 7) is 6.85. The molecule has 2 aromatic heterocycles. The Bertz CT molecular complexity index is 1620. The molecule has 0 aliphatic carbocycles. The fourth-order valence-electron chi connectivity index (χ4n) is 4.66. The number of hydrogen-bond donors (Lipinski definition) is 0. The van der Waals surface area contributed by atoms with Crippen molar-refractivity contribution in [2.24, 2.45) is 0 Å². The number of nitrogens with zero attached hydrogens (tertiary/aromatic N) is 1. The van der Waals surface area contributed by atoms with Crippen molar-refractivity contribution >= 4 is 53.2 Å². The van der Waals surface area contributed by atoms with Gasteiger partial charge in [0.2, 0.25) is 0 Å². The lowest BCUT2D eigenvalue weighted by Gasteiger charge is -2.19. The third-order valence-corrected chi connectivity index (χ3v) is 7.40. The molecule has 0 saturated heterocycles. The van der Waals surface area contributed by atoms with E-state index in [2.05, 4.69) is 93.6 Å². The van der Waals surface area contributed by atoms with E-state index in [1.54, 1.807) is 0 Å². The van der Waals surface area contributed by atoms with E-state index < -0.39 is 0 Å². The smallest absolute Gasteiger partial charge is 0.0786 e. The maximum absolute atomic E-state index is 4.77. The third kappa shape index (κ3) is 2.86. The molecular formula is C29H23NS. The SMILES string of the molecule is CC(C)(C)c1ccc2sc3cccc(-c4cccc5ccc6cccnc6c45)c3c2c1. The highest BCUT2D eigenvalue weighted by Crippen LogP contribution is 2.43. The number of fused-ring (bicyclic) bond motifs is 6. The van der Waals surface area contributed by atoms with E-state index in [4.69, 9.17) is 4.98 Å². The molecule has 0 amide bonds. The molecule has 0 radical (unpaired) electrons. The summed E-state index contributed by atoms with van der Waals surface area (Å²) in [4.78, 5) is 4.77. The van der Waals surface area contributed by atoms with Crippen LogP contribution in [0.3, 0.4) is 0 Å². The number of thiophene rings is 1. The van der Waals surface area contributed by atoms with Gasteiger partial charge in [0, 0.05) is 37.1 Å². The van der Waals surface area contributed by atoms with Gasteiger partial charge in [-0.25, -0.2) is 0 Å². The summed E-state index contributed by atoms with van der Waals surface area (Å²) in [5, 5.41) is 6.36. The van der Waals surface area contributed by atoms with Gasteiger partial charge in [0.1, 0.15) is 0 Å². The summed E-state index contributed by atoms with van der Waals surface area (Å²) in [7, 11) is 0. The Morgan fingerprint density at radius 1 is 0.677 bits per heavy atom. The van der Waals surface area contributed by atoms with Crippen molar-refractivity contribution in [2.75, 3.05) is 0 Å². The molecule has 6 aromatic rings. The van der Waals surface area contributed by atoms with Crippen LogP contribution < -0.4 is 0 Å². The first-order valence-electron chi connectivity index (χ1n) is 10.7. The molecule has 0 aliphatic rings. The van der Waals surface area contributed by atoms with Gasteiger partial charge in [0.25, 0.3) is 0 Å². The zero-order valence-electron chi connectivity index (χ0n) is 17.9. The molecule has 0 bridgehead atoms. The summed E-state index contributed by atoms with van der Waals surface area (Å²) >= 11 is 1.88. The van der Waals surface area contributed by atoms with Gasteiger partial charge in [-0.2, -0.15) is 0 Å². The zero-order chi connectivity index (χ0) is 21.2. The normalized spacial score (nSPS) is 12.4. The maximum Gasteiger partial charge on any atom is 0.0786 e. The van der Waals surface area contributed by atoms with Crippen molar-refractivity contribution in [2.45, 2.75) is 26.2 Å². The predicted molar refractivity (Wildman–Crippen MR) is 136 cm³/mol. The summed E-state index contributed by atoms with van der Waals surface area (Å²) in [6.07, 6.45) is 1.90. The monoisotopic (exact) mass is 417 g/mol. The Balaban J connectivity index is 1.76. The van der Waals surface area contributed by atoms with Gasteiger partial charge in [0.05, 0.1) is 5.52 Å². The van der Waals surface area contributed by atoms with Crippen molar-refractivity contribution in [1.82, 2.24) is 4.98 Å². The third-order valence-electron chi connectivity index (χ3n) is 6.27. The minimum atomic E-state index is 0.122. The van der Waals surface area contributed by atoms with Crippen molar-refractivity contribution in [3.8, 4) is 11.1 Å². The molecular weight excluding hydrogens is 394 g/mol. The van der Waals surface area contributed by atoms with Gasteiger partial charge in [-0.05, 0) is 51.8 Å². The molecule has 4 aromatic carbocycles. The summed E-state index contributed by atoms with van der Waals surface area (Å²) in [5.41, 5.74) is 5.12. The lowest BCUT2D eigenvalue weighted by atomic mass is 9.86. The minimum Gasteiger partial charge on any atom is -0.256 e. The summed E-state index contributed by atoms with van der Waals surface area (Å²) in [6, 6.07) is 28.9. The second-order valence-corrected chi connectivity index (χ2v) is 10.4. The summed E-state index contributed by atoms with van der Waals surface area (Å²) in [5.74, 6) is 0. The average molecular weight is 418 g/mol. The number of benzene rings is 4. The molecule has 0 N–H and O–H groups in total. The van der Waals surface area contributed by atoms with E-state index >= 15 is 0 Å². The Morgan fingerprint density at radius 3 is 2.26 bits per heavy atom. The largest absolute Gasteiger partial charge is 0.256 e. The van der Waals surface area contributed by atoms with Gasteiger partial charge in [0.15, 0.2) is 0 Å². The second kappa shape index (κ2) is 6.63. The van der Waals surface area contributed by atoms with Crippen LogP contribution in [0.15, 0.2) is 85.1 Å². The molecule has 0 aliphatic heterocycles. The second-order valence-electron chi connectivity index (χ2n) is 9.29. The van der Waals surface area contributed by atoms with Gasteiger partial charge in [-0.3, -0.25) is 4.98 Å². The first-order valence-corrected chi connectivity index (χ1v) is 11.5. The average Bonchev–Trinajstić information content (AvgIpc) is 3.16. The lowest BCUT2D eigenvalue weighted by Crippen LogP contribution is -2.10. The Labute approximate surface area is 186 Å². The molecule has 0 saturated carbocycles. The number of rotatable bonds is 1. The number of pyridine rings is 1. The highest BCUT2D eigenvalue weighted by atomic mass is 32.1. The molecule has 1 nitrogen and oxygen atoms in total. The number of hydrogen-bond acceptors (Lipinski definition) is 2. The van der Waals surface area contributed by atoms with Crippen LogP contribution in [0, 0.1) is 0 Å². The van der Waals surface area contributed by atoms with Gasteiger partial charge < -0.3 is 0 Å². The molecule has 0 atom stereocenters. The molecule has 0 unspecified atom stereocenters. The van der Waals surface area contributed by atoms with Gasteiger partial charge in [-0.15, -0.1) is 11.3 Å². The fourth-order valence-corrected chi connectivity index (χ4v) is 5.77. The van der Waals surface area contributed by atoms with Crippen molar-refractivity contribution in [1.29, 1.82) is 0 Å². The van der Waals surface area contributed by atoms with E-state index in [1.165, 1.54) is 53.0 Å². The van der Waals surface area contributed by atoms with Crippen LogP contribution in [0.2, 0.25) is 0 Å². The van der Waals surface area contributed by atoms with E-state index in [0.29, 0.717) is 0 Å². The topological polar surface area (TPSA) is 12.9 Å². The van der Waals surface area contributed by atoms with Crippen LogP contribution in [0.4, 0.5) is 0 Å². The van der Waals surface area contributed by atoms with E-state index in [1.807, 2.05) is 23.6 Å². The van der Waals surface area contributed by atoms with E-state index in [-0.39, 0.29) is 5.41 Å². The standard InChI is InChI=1S/C29H23NS/c1-29(2,3)20-14-15-24-23(17-20)27-22(10-5-11-25(27)31-24)21-9-4-7-18-12-13-19-8-6-16-30-28(19)26(18)21/h4-17H,1-3H3. The molecule has 0 fully saturated rings. The molecule has 2 heteroatoms. The van der Waals surface area contributed by atoms with Crippen LogP contribution >= 0.6 is 11.3 Å². The number of aromatic nitrogens is 1. The maximum atomic E-state index is 4.77. The minimum absolute atomic E-state index is 0.122. The molecule has 2 heterocycles. The van der Waals surface area contributed by atoms with Crippen molar-refractivity contribution in [3.63, 3.8) is 0 Å². The van der Waals surface area contributed by atoms with Crippen LogP contribution in [-0.2, 0) is 5.41 Å². The van der Waals surface area contributed by atoms with Gasteiger partial charge >= 0.3 is 0 Å². The molecule has 0 spiro atoms. The van der Waals surface area contributed by atoms with Crippen molar-refractivity contribution in [3.05, 3.63) is 90.6 Å². The van der Waals surface area contributed by atoms with Crippen LogP contribution in [0.1, 0.15) is 26.3 Å². The molecule has 31 heavy (non-hydrogen) atoms. The van der Waals surface area contributed by atoms with E-state index in [0.717, 1.165) is 5.52 Å². The first kappa shape index (κ1) is 18.5. The van der Waals surface area contributed by atoms with Gasteiger partial charge in [-0.1, -0.05) is 75.4 Å². The Hall–Kier alpha value is -3.23. The van der Waals surface area contributed by atoms with Crippen LogP contribution in [0.25, 0.3) is 53.0 Å². The quantitative estimate of drug-likeness (QED) is 0.244. The highest BCUT2D eigenvalue weighted by Gasteiger charge is 2.18. The Kier molecular flexibility index (Phi) is 3.97. The first-order chi connectivity index (χ1) is 15.0. The van der Waals surface area contributed by atoms with E-state index in [9.17, 15) is 0 Å². The van der Waals surface area contributed by atoms with Crippen LogP contribution in [0.5, 0.6) is 0 Å². The van der Waals surface area contributed by atoms with Crippen LogP contribution in [-0.4, -0.2) is 4.98 Å². The lowest BCUT2D eigenvalue weighted by molar-refractivity contribution is 0.591. The Morgan fingerprint density at radius 2 is 1.42 bits per heavy atom. The fraction of sp³-hybridized carbons (Fsp3) is 0.138. The summed E-state index contributed by atoms with van der Waals surface area (Å²) < 4.78 is 2.68. The highest BCUT2D eigenvalue weighted by molar-refractivity contribution is 7.25. The van der Waals surface area contributed by atoms with Crippen molar-refractivity contribution < 1.29 is 0 Å². The molecule has 150 valence electrons. The predicted octanol–water partition coefficient (Wildman–Crippen LogP) is 8.72.